The first-order valence-corrected chi connectivity index (χ1v) is 5.27. The Morgan fingerprint density at radius 2 is 2.38 bits per heavy atom. The second kappa shape index (κ2) is 3.97. The summed E-state index contributed by atoms with van der Waals surface area (Å²) in [6.07, 6.45) is 5.44. The first kappa shape index (κ1) is 9.41. The molecule has 0 spiro atoms. The predicted octanol–water partition coefficient (Wildman–Crippen LogP) is 0.951. The molecule has 1 aliphatic heterocycles. The van der Waals surface area contributed by atoms with E-state index in [4.69, 9.17) is 4.52 Å². The van der Waals surface area contributed by atoms with Gasteiger partial charge in [0.05, 0.1) is 24.0 Å². The van der Waals surface area contributed by atoms with E-state index < -0.39 is 0 Å². The number of rotatable bonds is 2. The monoisotopic (exact) mass is 217 g/mol. The van der Waals surface area contributed by atoms with Crippen molar-refractivity contribution >= 4 is 0 Å². The van der Waals surface area contributed by atoms with Crippen molar-refractivity contribution in [2.45, 2.75) is 18.9 Å². The van der Waals surface area contributed by atoms with E-state index in [2.05, 4.69) is 25.7 Å². The minimum atomic E-state index is 0.229. The van der Waals surface area contributed by atoms with Crippen molar-refractivity contribution in [3.05, 3.63) is 24.3 Å². The smallest absolute Gasteiger partial charge is 0.259 e. The van der Waals surface area contributed by atoms with Crippen molar-refractivity contribution in [3.63, 3.8) is 0 Å². The summed E-state index contributed by atoms with van der Waals surface area (Å²) in [5.74, 6) is 1.22. The van der Waals surface area contributed by atoms with Crippen LogP contribution in [-0.4, -0.2) is 26.9 Å². The van der Waals surface area contributed by atoms with Crippen LogP contribution < -0.4 is 5.32 Å². The highest BCUT2D eigenvalue weighted by molar-refractivity contribution is 5.49. The van der Waals surface area contributed by atoms with Gasteiger partial charge < -0.3 is 9.84 Å². The van der Waals surface area contributed by atoms with Gasteiger partial charge in [-0.25, -0.2) is 0 Å². The van der Waals surface area contributed by atoms with E-state index in [0.717, 1.165) is 30.8 Å². The summed E-state index contributed by atoms with van der Waals surface area (Å²) in [5, 5.41) is 14.8. The first-order valence-electron chi connectivity index (χ1n) is 5.27. The van der Waals surface area contributed by atoms with E-state index in [9.17, 15) is 0 Å². The maximum absolute atomic E-state index is 5.19. The maximum Gasteiger partial charge on any atom is 0.259 e. The van der Waals surface area contributed by atoms with E-state index in [0.29, 0.717) is 5.89 Å². The Kier molecular flexibility index (Phi) is 2.34. The van der Waals surface area contributed by atoms with Crippen LogP contribution in [0.15, 0.2) is 23.0 Å². The average Bonchev–Trinajstić information content (AvgIpc) is 3.01. The number of hydrogen-bond donors (Lipinski definition) is 1. The van der Waals surface area contributed by atoms with Gasteiger partial charge in [0.15, 0.2) is 5.82 Å². The second-order valence-electron chi connectivity index (χ2n) is 3.74. The van der Waals surface area contributed by atoms with E-state index >= 15 is 0 Å². The summed E-state index contributed by atoms with van der Waals surface area (Å²) >= 11 is 0. The summed E-state index contributed by atoms with van der Waals surface area (Å²) in [7, 11) is 0. The summed E-state index contributed by atoms with van der Waals surface area (Å²) in [4.78, 5) is 4.35. The van der Waals surface area contributed by atoms with E-state index in [1.807, 2.05) is 0 Å². The molecule has 3 rings (SSSR count). The third kappa shape index (κ3) is 1.67. The molecule has 1 aliphatic rings. The predicted molar refractivity (Wildman–Crippen MR) is 55.3 cm³/mol. The van der Waals surface area contributed by atoms with Gasteiger partial charge in [-0.2, -0.15) is 15.2 Å². The largest absolute Gasteiger partial charge is 0.334 e. The van der Waals surface area contributed by atoms with Crippen molar-refractivity contribution < 1.29 is 4.52 Å². The Balaban J connectivity index is 1.87. The van der Waals surface area contributed by atoms with Gasteiger partial charge >= 0.3 is 0 Å². The van der Waals surface area contributed by atoms with Gasteiger partial charge in [-0.3, -0.25) is 0 Å². The van der Waals surface area contributed by atoms with Gasteiger partial charge in [0.2, 0.25) is 0 Å². The van der Waals surface area contributed by atoms with Crippen molar-refractivity contribution in [3.8, 4) is 11.5 Å². The highest BCUT2D eigenvalue weighted by atomic mass is 16.5. The molecule has 6 heteroatoms. The minimum absolute atomic E-state index is 0.229. The Morgan fingerprint density at radius 1 is 1.38 bits per heavy atom. The van der Waals surface area contributed by atoms with Gasteiger partial charge in [-0.05, 0) is 25.5 Å². The lowest BCUT2D eigenvalue weighted by atomic mass is 10.2. The highest BCUT2D eigenvalue weighted by Gasteiger charge is 2.21. The molecule has 1 unspecified atom stereocenters. The highest BCUT2D eigenvalue weighted by Crippen LogP contribution is 2.23. The topological polar surface area (TPSA) is 76.7 Å². The molecule has 0 aliphatic carbocycles. The Bertz CT molecular complexity index is 463. The number of hydrogen-bond acceptors (Lipinski definition) is 6. The first-order chi connectivity index (χ1) is 7.93. The molecule has 1 atom stereocenters. The van der Waals surface area contributed by atoms with Crippen LogP contribution in [0.2, 0.25) is 0 Å². The molecule has 0 saturated carbocycles. The number of nitrogens with one attached hydrogen (secondary N) is 1. The van der Waals surface area contributed by atoms with Crippen LogP contribution in [0.5, 0.6) is 0 Å². The lowest BCUT2D eigenvalue weighted by molar-refractivity contribution is 0.412. The van der Waals surface area contributed by atoms with Crippen molar-refractivity contribution in [2.75, 3.05) is 6.54 Å². The van der Waals surface area contributed by atoms with Gasteiger partial charge in [-0.1, -0.05) is 5.16 Å². The summed E-state index contributed by atoms with van der Waals surface area (Å²) in [6.45, 7) is 1.02. The molecule has 1 saturated heterocycles. The third-order valence-electron chi connectivity index (χ3n) is 2.64. The quantitative estimate of drug-likeness (QED) is 0.807. The lowest BCUT2D eigenvalue weighted by Gasteiger charge is -2.01. The zero-order chi connectivity index (χ0) is 10.8. The third-order valence-corrected chi connectivity index (χ3v) is 2.64. The van der Waals surface area contributed by atoms with E-state index in [1.54, 1.807) is 18.5 Å². The Labute approximate surface area is 92.1 Å². The van der Waals surface area contributed by atoms with Crippen molar-refractivity contribution in [2.24, 2.45) is 0 Å². The summed E-state index contributed by atoms with van der Waals surface area (Å²) in [5.41, 5.74) is 0.798. The molecular weight excluding hydrogens is 206 g/mol. The Morgan fingerprint density at radius 3 is 3.12 bits per heavy atom. The van der Waals surface area contributed by atoms with Crippen LogP contribution in [0.3, 0.4) is 0 Å². The van der Waals surface area contributed by atoms with Crippen molar-refractivity contribution in [1.29, 1.82) is 0 Å². The molecule has 3 heterocycles. The maximum atomic E-state index is 5.19. The molecule has 0 amide bonds. The SMILES string of the molecule is c1cc(-c2nc(C3CCCN3)no2)cnn1. The fourth-order valence-corrected chi connectivity index (χ4v) is 1.82. The molecule has 16 heavy (non-hydrogen) atoms. The molecule has 0 bridgehead atoms. The molecule has 0 aromatic carbocycles. The van der Waals surface area contributed by atoms with Gasteiger partial charge in [0.25, 0.3) is 5.89 Å². The summed E-state index contributed by atoms with van der Waals surface area (Å²) in [6, 6.07) is 2.03. The molecule has 0 radical (unpaired) electrons. The van der Waals surface area contributed by atoms with Gasteiger partial charge in [0.1, 0.15) is 0 Å². The fraction of sp³-hybridized carbons (Fsp3) is 0.400. The normalized spacial score (nSPS) is 20.1. The number of nitrogens with zero attached hydrogens (tertiary/aromatic N) is 4. The van der Waals surface area contributed by atoms with Gasteiger partial charge in [-0.15, -0.1) is 0 Å². The standard InChI is InChI=1S/C10H11N5O/c1-2-8(11-4-1)9-14-10(16-15-9)7-3-5-12-13-6-7/h3,5-6,8,11H,1-2,4H2. The molecule has 82 valence electrons. The van der Waals surface area contributed by atoms with Crippen LogP contribution in [0.4, 0.5) is 0 Å². The molecule has 2 aromatic rings. The zero-order valence-corrected chi connectivity index (χ0v) is 8.63. The van der Waals surface area contributed by atoms with Crippen LogP contribution in [-0.2, 0) is 0 Å². The van der Waals surface area contributed by atoms with Crippen LogP contribution in [0, 0.1) is 0 Å². The lowest BCUT2D eigenvalue weighted by Crippen LogP contribution is -2.14. The molecular formula is C10H11N5O. The van der Waals surface area contributed by atoms with E-state index in [-0.39, 0.29) is 6.04 Å². The van der Waals surface area contributed by atoms with Crippen molar-refractivity contribution in [1.82, 2.24) is 25.7 Å². The minimum Gasteiger partial charge on any atom is -0.334 e. The van der Waals surface area contributed by atoms with Crippen LogP contribution >= 0.6 is 0 Å². The molecule has 1 fully saturated rings. The zero-order valence-electron chi connectivity index (χ0n) is 8.63. The number of aromatic nitrogens is 4. The fourth-order valence-electron chi connectivity index (χ4n) is 1.82. The molecule has 2 aromatic heterocycles. The van der Waals surface area contributed by atoms with Gasteiger partial charge in [0, 0.05) is 0 Å². The van der Waals surface area contributed by atoms with Crippen LogP contribution in [0.1, 0.15) is 24.7 Å². The van der Waals surface area contributed by atoms with E-state index in [1.165, 1.54) is 0 Å². The van der Waals surface area contributed by atoms with Crippen LogP contribution in [0.25, 0.3) is 11.5 Å². The molecule has 1 N–H and O–H groups in total. The Hall–Kier alpha value is -1.82. The second-order valence-corrected chi connectivity index (χ2v) is 3.74. The molecule has 6 nitrogen and oxygen atoms in total. The average molecular weight is 217 g/mol. The summed E-state index contributed by atoms with van der Waals surface area (Å²) < 4.78 is 5.19.